The number of rotatable bonds is 4. The van der Waals surface area contributed by atoms with Crippen LogP contribution in [0, 0.1) is 6.92 Å². The van der Waals surface area contributed by atoms with Crippen LogP contribution in [0.3, 0.4) is 0 Å². The summed E-state index contributed by atoms with van der Waals surface area (Å²) in [6.07, 6.45) is 1.50. The minimum atomic E-state index is -0.626. The summed E-state index contributed by atoms with van der Waals surface area (Å²) in [4.78, 5) is 13.0. The van der Waals surface area contributed by atoms with Crippen LogP contribution >= 0.6 is 15.9 Å². The Morgan fingerprint density at radius 2 is 1.93 bits per heavy atom. The first kappa shape index (κ1) is 17.3. The van der Waals surface area contributed by atoms with E-state index in [1.54, 1.807) is 0 Å². The minimum absolute atomic E-state index is 0.0558. The molecule has 3 aromatic rings. The van der Waals surface area contributed by atoms with Crippen molar-refractivity contribution in [1.29, 1.82) is 0 Å². The third-order valence-electron chi connectivity index (χ3n) is 5.26. The number of hydrogen-bond donors (Lipinski definition) is 1. The third-order valence-corrected chi connectivity index (χ3v) is 6.15. The van der Waals surface area contributed by atoms with Crippen LogP contribution in [0.15, 0.2) is 51.5 Å². The number of ether oxygens (including phenoxy) is 2. The van der Waals surface area contributed by atoms with Crippen LogP contribution < -0.4 is 14.8 Å². The molecule has 1 saturated carbocycles. The van der Waals surface area contributed by atoms with Crippen LogP contribution in [-0.2, 0) is 10.2 Å². The van der Waals surface area contributed by atoms with Crippen LogP contribution in [0.2, 0.25) is 0 Å². The first-order valence-corrected chi connectivity index (χ1v) is 9.79. The lowest BCUT2D eigenvalue weighted by atomic mass is 10.00. The molecule has 1 aromatic heterocycles. The first-order valence-electron chi connectivity index (χ1n) is 9.00. The number of nitrogens with one attached hydrogen (secondary N) is 1. The van der Waals surface area contributed by atoms with E-state index < -0.39 is 5.41 Å². The normalized spacial score (nSPS) is 16.1. The summed E-state index contributed by atoms with van der Waals surface area (Å²) in [6, 6.07) is 13.2. The van der Waals surface area contributed by atoms with E-state index in [2.05, 4.69) is 26.4 Å². The average molecular weight is 441 g/mol. The second-order valence-corrected chi connectivity index (χ2v) is 8.00. The van der Waals surface area contributed by atoms with Crippen molar-refractivity contribution in [3.63, 3.8) is 0 Å². The maximum absolute atomic E-state index is 13.0. The van der Waals surface area contributed by atoms with Gasteiger partial charge in [0.15, 0.2) is 17.3 Å². The largest absolute Gasteiger partial charge is 0.454 e. The summed E-state index contributed by atoms with van der Waals surface area (Å²) in [5, 5.41) is 7.22. The highest BCUT2D eigenvalue weighted by atomic mass is 79.9. The van der Waals surface area contributed by atoms with Crippen molar-refractivity contribution in [1.82, 2.24) is 5.16 Å². The molecule has 1 amide bonds. The number of carbonyl (C=O) groups is 1. The van der Waals surface area contributed by atoms with E-state index in [1.807, 2.05) is 49.4 Å². The van der Waals surface area contributed by atoms with Gasteiger partial charge in [-0.3, -0.25) is 4.79 Å². The Morgan fingerprint density at radius 1 is 1.11 bits per heavy atom. The van der Waals surface area contributed by atoms with Gasteiger partial charge in [-0.1, -0.05) is 21.1 Å². The van der Waals surface area contributed by atoms with Crippen LogP contribution in [0.5, 0.6) is 11.5 Å². The van der Waals surface area contributed by atoms with E-state index in [0.29, 0.717) is 23.0 Å². The summed E-state index contributed by atoms with van der Waals surface area (Å²) in [7, 11) is 0. The Balaban J connectivity index is 1.38. The molecule has 0 atom stereocenters. The van der Waals surface area contributed by atoms with Gasteiger partial charge in [-0.15, -0.1) is 0 Å². The highest BCUT2D eigenvalue weighted by Gasteiger charge is 2.53. The quantitative estimate of drug-likeness (QED) is 0.629. The molecule has 7 heteroatoms. The summed E-state index contributed by atoms with van der Waals surface area (Å²) in [5.74, 6) is 1.94. The molecule has 142 valence electrons. The number of fused-ring (bicyclic) bond motifs is 1. The smallest absolute Gasteiger partial charge is 0.236 e. The fraction of sp³-hybridized carbons (Fsp3) is 0.238. The van der Waals surface area contributed by atoms with E-state index in [-0.39, 0.29) is 12.7 Å². The van der Waals surface area contributed by atoms with Gasteiger partial charge < -0.3 is 19.3 Å². The molecule has 28 heavy (non-hydrogen) atoms. The number of carbonyl (C=O) groups excluding carboxylic acids is 1. The number of halogens is 1. The summed E-state index contributed by atoms with van der Waals surface area (Å²) >= 11 is 3.48. The SMILES string of the molecule is Cc1cc(NC(=O)C2(c3cc(-c4ccc5c(c4)OCO5)on3)CC2)ccc1Br. The predicted molar refractivity (Wildman–Crippen MR) is 106 cm³/mol. The molecule has 0 saturated heterocycles. The van der Waals surface area contributed by atoms with Gasteiger partial charge >= 0.3 is 0 Å². The van der Waals surface area contributed by atoms with Gasteiger partial charge in [-0.2, -0.15) is 0 Å². The minimum Gasteiger partial charge on any atom is -0.454 e. The van der Waals surface area contributed by atoms with E-state index in [4.69, 9.17) is 14.0 Å². The number of aromatic nitrogens is 1. The lowest BCUT2D eigenvalue weighted by Crippen LogP contribution is -2.28. The molecule has 1 N–H and O–H groups in total. The molecule has 0 bridgehead atoms. The van der Waals surface area contributed by atoms with Gasteiger partial charge in [-0.25, -0.2) is 0 Å². The Bertz CT molecular complexity index is 1090. The van der Waals surface area contributed by atoms with Gasteiger partial charge in [0, 0.05) is 21.8 Å². The zero-order valence-corrected chi connectivity index (χ0v) is 16.7. The summed E-state index contributed by atoms with van der Waals surface area (Å²) < 4.78 is 17.3. The van der Waals surface area contributed by atoms with Gasteiger partial charge in [-0.05, 0) is 61.7 Å². The van der Waals surface area contributed by atoms with Gasteiger partial charge in [0.25, 0.3) is 0 Å². The maximum atomic E-state index is 13.0. The van der Waals surface area contributed by atoms with E-state index in [0.717, 1.165) is 34.1 Å². The predicted octanol–water partition coefficient (Wildman–Crippen LogP) is 4.81. The molecule has 0 spiro atoms. The first-order chi connectivity index (χ1) is 13.5. The third kappa shape index (κ3) is 2.86. The van der Waals surface area contributed by atoms with Crippen LogP contribution in [0.25, 0.3) is 11.3 Å². The van der Waals surface area contributed by atoms with Gasteiger partial charge in [0.05, 0.1) is 11.1 Å². The monoisotopic (exact) mass is 440 g/mol. The number of hydrogen-bond acceptors (Lipinski definition) is 5. The van der Waals surface area contributed by atoms with E-state index in [1.165, 1.54) is 0 Å². The summed E-state index contributed by atoms with van der Waals surface area (Å²) in [6.45, 7) is 2.21. The number of amides is 1. The van der Waals surface area contributed by atoms with Gasteiger partial charge in [0.1, 0.15) is 0 Å². The second kappa shape index (κ2) is 6.38. The molecule has 0 unspecified atom stereocenters. The van der Waals surface area contributed by atoms with Crippen LogP contribution in [0.1, 0.15) is 24.1 Å². The number of nitrogens with zero attached hydrogens (tertiary/aromatic N) is 1. The standard InChI is InChI=1S/C21H17BrN2O4/c1-12-8-14(3-4-15(12)22)23-20(25)21(6-7-21)19-10-17(28-24-19)13-2-5-16-18(9-13)27-11-26-16/h2-5,8-10H,6-7,11H2,1H3,(H,23,25). The summed E-state index contributed by atoms with van der Waals surface area (Å²) in [5.41, 5.74) is 2.71. The molecule has 2 aromatic carbocycles. The molecule has 1 aliphatic heterocycles. The van der Waals surface area contributed by atoms with E-state index in [9.17, 15) is 4.79 Å². The average Bonchev–Trinajstić information content (AvgIpc) is 3.13. The van der Waals surface area contributed by atoms with Crippen molar-refractivity contribution in [2.75, 3.05) is 12.1 Å². The molecular formula is C21H17BrN2O4. The maximum Gasteiger partial charge on any atom is 0.236 e. The highest BCUT2D eigenvalue weighted by molar-refractivity contribution is 9.10. The molecule has 1 aliphatic carbocycles. The van der Waals surface area contributed by atoms with Crippen LogP contribution in [0.4, 0.5) is 5.69 Å². The number of anilines is 1. The topological polar surface area (TPSA) is 73.6 Å². The molecule has 5 rings (SSSR count). The van der Waals surface area contributed by atoms with Crippen molar-refractivity contribution in [2.24, 2.45) is 0 Å². The Morgan fingerprint density at radius 3 is 2.71 bits per heavy atom. The lowest BCUT2D eigenvalue weighted by Gasteiger charge is -2.13. The van der Waals surface area contributed by atoms with Crippen molar-refractivity contribution < 1.29 is 18.8 Å². The van der Waals surface area contributed by atoms with Gasteiger partial charge in [0.2, 0.25) is 12.7 Å². The second-order valence-electron chi connectivity index (χ2n) is 7.14. The highest BCUT2D eigenvalue weighted by Crippen LogP contribution is 2.49. The molecular weight excluding hydrogens is 424 g/mol. The lowest BCUT2D eigenvalue weighted by molar-refractivity contribution is -0.118. The van der Waals surface area contributed by atoms with Crippen molar-refractivity contribution in [2.45, 2.75) is 25.2 Å². The zero-order chi connectivity index (χ0) is 19.3. The Hall–Kier alpha value is -2.80. The molecule has 1 fully saturated rings. The van der Waals surface area contributed by atoms with Crippen molar-refractivity contribution in [3.05, 3.63) is 58.2 Å². The number of aryl methyl sites for hydroxylation is 1. The Kier molecular flexibility index (Phi) is 3.94. The molecule has 2 aliphatic rings. The number of benzene rings is 2. The van der Waals surface area contributed by atoms with E-state index >= 15 is 0 Å². The Labute approximate surface area is 169 Å². The molecule has 0 radical (unpaired) electrons. The zero-order valence-electron chi connectivity index (χ0n) is 15.1. The van der Waals surface area contributed by atoms with Crippen molar-refractivity contribution in [3.8, 4) is 22.8 Å². The molecule has 2 heterocycles. The molecule has 6 nitrogen and oxygen atoms in total. The fourth-order valence-electron chi connectivity index (χ4n) is 3.38. The van der Waals surface area contributed by atoms with Crippen LogP contribution in [-0.4, -0.2) is 17.9 Å². The van der Waals surface area contributed by atoms with Crippen molar-refractivity contribution >= 4 is 27.5 Å². The fourth-order valence-corrected chi connectivity index (χ4v) is 3.63.